The zero-order valence-electron chi connectivity index (χ0n) is 14.6. The van der Waals surface area contributed by atoms with Crippen LogP contribution in [0.5, 0.6) is 0 Å². The third kappa shape index (κ3) is 3.58. The normalized spacial score (nSPS) is 18.6. The monoisotopic (exact) mass is 314 g/mol. The van der Waals surface area contributed by atoms with Crippen LogP contribution in [0.4, 0.5) is 4.79 Å². The molecule has 0 aromatic heterocycles. The van der Waals surface area contributed by atoms with E-state index >= 15 is 0 Å². The minimum atomic E-state index is -0.453. The van der Waals surface area contributed by atoms with Gasteiger partial charge in [-0.25, -0.2) is 4.79 Å². The molecule has 0 spiro atoms. The molecule has 0 aliphatic carbocycles. The highest BCUT2D eigenvalue weighted by molar-refractivity contribution is 5.74. The van der Waals surface area contributed by atoms with Gasteiger partial charge >= 0.3 is 6.09 Å². The number of carbonyl (C=O) groups excluding carboxylic acids is 1. The molecular formula is C19H26N2O2. The van der Waals surface area contributed by atoms with Crippen molar-refractivity contribution in [1.82, 2.24) is 9.80 Å². The Morgan fingerprint density at radius 1 is 1.22 bits per heavy atom. The van der Waals surface area contributed by atoms with E-state index < -0.39 is 5.60 Å². The predicted molar refractivity (Wildman–Crippen MR) is 92.0 cm³/mol. The van der Waals surface area contributed by atoms with Gasteiger partial charge in [0.05, 0.1) is 6.54 Å². The van der Waals surface area contributed by atoms with Crippen LogP contribution in [0.25, 0.3) is 5.57 Å². The Hall–Kier alpha value is -1.81. The quantitative estimate of drug-likeness (QED) is 0.793. The molecule has 1 aromatic carbocycles. The molecule has 4 heteroatoms. The first-order valence-corrected chi connectivity index (χ1v) is 8.30. The van der Waals surface area contributed by atoms with Crippen molar-refractivity contribution in [3.8, 4) is 0 Å². The van der Waals surface area contributed by atoms with Crippen LogP contribution in [0.3, 0.4) is 0 Å². The lowest BCUT2D eigenvalue weighted by Crippen LogP contribution is -2.33. The molecule has 2 aliphatic rings. The van der Waals surface area contributed by atoms with Gasteiger partial charge in [-0.05, 0) is 56.5 Å². The molecule has 0 saturated heterocycles. The van der Waals surface area contributed by atoms with E-state index in [0.717, 1.165) is 19.5 Å². The molecule has 0 fully saturated rings. The molecule has 2 heterocycles. The number of likely N-dealkylation sites (N-methyl/N-ethyl adjacent to an activating group) is 1. The Labute approximate surface area is 138 Å². The van der Waals surface area contributed by atoms with Gasteiger partial charge in [0.2, 0.25) is 0 Å². The molecule has 0 saturated carbocycles. The maximum absolute atomic E-state index is 12.3. The van der Waals surface area contributed by atoms with Crippen LogP contribution in [0, 0.1) is 0 Å². The average molecular weight is 314 g/mol. The van der Waals surface area contributed by atoms with Crippen molar-refractivity contribution >= 4 is 11.7 Å². The van der Waals surface area contributed by atoms with E-state index in [0.29, 0.717) is 13.1 Å². The highest BCUT2D eigenvalue weighted by atomic mass is 16.6. The number of hydrogen-bond acceptors (Lipinski definition) is 3. The Morgan fingerprint density at radius 3 is 2.65 bits per heavy atom. The maximum Gasteiger partial charge on any atom is 0.410 e. The molecule has 0 bridgehead atoms. The average Bonchev–Trinajstić information content (AvgIpc) is 2.90. The molecule has 0 atom stereocenters. The minimum absolute atomic E-state index is 0.225. The summed E-state index contributed by atoms with van der Waals surface area (Å²) < 4.78 is 5.52. The van der Waals surface area contributed by atoms with E-state index in [1.54, 1.807) is 4.90 Å². The standard InChI is InChI=1S/C19H26N2O2/c1-19(2,3)23-18(22)21-12-15-6-5-7-16(17(15)13-21)14-8-10-20(4)11-9-14/h5-8H,9-13H2,1-4H3. The molecule has 0 unspecified atom stereocenters. The van der Waals surface area contributed by atoms with Crippen molar-refractivity contribution in [2.24, 2.45) is 0 Å². The molecular weight excluding hydrogens is 288 g/mol. The number of nitrogens with zero attached hydrogens (tertiary/aromatic N) is 2. The minimum Gasteiger partial charge on any atom is -0.444 e. The largest absolute Gasteiger partial charge is 0.444 e. The van der Waals surface area contributed by atoms with Crippen molar-refractivity contribution in [1.29, 1.82) is 0 Å². The van der Waals surface area contributed by atoms with Crippen molar-refractivity contribution in [2.75, 3.05) is 20.1 Å². The topological polar surface area (TPSA) is 32.8 Å². The highest BCUT2D eigenvalue weighted by Gasteiger charge is 2.29. The zero-order chi connectivity index (χ0) is 16.6. The van der Waals surface area contributed by atoms with Gasteiger partial charge in [-0.3, -0.25) is 4.90 Å². The van der Waals surface area contributed by atoms with Crippen molar-refractivity contribution in [3.63, 3.8) is 0 Å². The molecule has 0 radical (unpaired) electrons. The van der Waals surface area contributed by atoms with Gasteiger partial charge in [0.1, 0.15) is 5.60 Å². The second-order valence-corrected chi connectivity index (χ2v) is 7.52. The summed E-state index contributed by atoms with van der Waals surface area (Å²) in [5, 5.41) is 0. The van der Waals surface area contributed by atoms with Crippen molar-refractivity contribution < 1.29 is 9.53 Å². The van der Waals surface area contributed by atoms with Gasteiger partial charge in [0, 0.05) is 19.6 Å². The van der Waals surface area contributed by atoms with Gasteiger partial charge in [-0.15, -0.1) is 0 Å². The van der Waals surface area contributed by atoms with E-state index in [4.69, 9.17) is 4.74 Å². The smallest absolute Gasteiger partial charge is 0.410 e. The lowest BCUT2D eigenvalue weighted by atomic mass is 9.93. The van der Waals surface area contributed by atoms with Crippen LogP contribution in [0.2, 0.25) is 0 Å². The van der Waals surface area contributed by atoms with Crippen LogP contribution in [-0.2, 0) is 17.8 Å². The van der Waals surface area contributed by atoms with E-state index in [2.05, 4.69) is 36.2 Å². The third-order valence-corrected chi connectivity index (χ3v) is 4.39. The number of amides is 1. The van der Waals surface area contributed by atoms with Gasteiger partial charge in [-0.2, -0.15) is 0 Å². The Bertz CT molecular complexity index is 643. The fourth-order valence-electron chi connectivity index (χ4n) is 3.19. The summed E-state index contributed by atoms with van der Waals surface area (Å²) in [5.41, 5.74) is 4.79. The molecule has 0 N–H and O–H groups in total. The molecule has 1 aromatic rings. The summed E-state index contributed by atoms with van der Waals surface area (Å²) in [6.45, 7) is 9.09. The van der Waals surface area contributed by atoms with E-state index in [-0.39, 0.29) is 6.09 Å². The molecule has 124 valence electrons. The van der Waals surface area contributed by atoms with E-state index in [9.17, 15) is 4.79 Å². The first-order valence-electron chi connectivity index (χ1n) is 8.30. The molecule has 4 nitrogen and oxygen atoms in total. The summed E-state index contributed by atoms with van der Waals surface area (Å²) >= 11 is 0. The predicted octanol–water partition coefficient (Wildman–Crippen LogP) is 3.66. The summed E-state index contributed by atoms with van der Waals surface area (Å²) in [7, 11) is 2.15. The fraction of sp³-hybridized carbons (Fsp3) is 0.526. The first kappa shape index (κ1) is 16.1. The second-order valence-electron chi connectivity index (χ2n) is 7.52. The summed E-state index contributed by atoms with van der Waals surface area (Å²) in [4.78, 5) is 16.5. The highest BCUT2D eigenvalue weighted by Crippen LogP contribution is 2.33. The summed E-state index contributed by atoms with van der Waals surface area (Å²) in [5.74, 6) is 0. The van der Waals surface area contributed by atoms with E-state index in [1.165, 1.54) is 22.3 Å². The zero-order valence-corrected chi connectivity index (χ0v) is 14.6. The van der Waals surface area contributed by atoms with Gasteiger partial charge in [0.25, 0.3) is 0 Å². The van der Waals surface area contributed by atoms with Crippen LogP contribution < -0.4 is 0 Å². The number of benzene rings is 1. The molecule has 3 rings (SSSR count). The number of hydrogen-bond donors (Lipinski definition) is 0. The number of rotatable bonds is 1. The van der Waals surface area contributed by atoms with Gasteiger partial charge in [-0.1, -0.05) is 24.3 Å². The van der Waals surface area contributed by atoms with Crippen molar-refractivity contribution in [3.05, 3.63) is 41.0 Å². The Kier molecular flexibility index (Phi) is 4.19. The van der Waals surface area contributed by atoms with Crippen LogP contribution in [0.15, 0.2) is 24.3 Å². The van der Waals surface area contributed by atoms with Crippen LogP contribution >= 0.6 is 0 Å². The maximum atomic E-state index is 12.3. The Balaban J connectivity index is 1.81. The Morgan fingerprint density at radius 2 is 2.00 bits per heavy atom. The van der Waals surface area contributed by atoms with Crippen LogP contribution in [-0.4, -0.2) is 41.6 Å². The molecule has 1 amide bonds. The summed E-state index contributed by atoms with van der Waals surface area (Å²) in [6, 6.07) is 6.42. The number of ether oxygens (including phenoxy) is 1. The summed E-state index contributed by atoms with van der Waals surface area (Å²) in [6.07, 6.45) is 3.16. The molecule has 2 aliphatic heterocycles. The second kappa shape index (κ2) is 6.00. The number of carbonyl (C=O) groups is 1. The third-order valence-electron chi connectivity index (χ3n) is 4.39. The van der Waals surface area contributed by atoms with Crippen molar-refractivity contribution in [2.45, 2.75) is 45.9 Å². The lowest BCUT2D eigenvalue weighted by molar-refractivity contribution is 0.0242. The van der Waals surface area contributed by atoms with Gasteiger partial charge in [0.15, 0.2) is 0 Å². The number of fused-ring (bicyclic) bond motifs is 1. The van der Waals surface area contributed by atoms with Crippen LogP contribution in [0.1, 0.15) is 43.9 Å². The van der Waals surface area contributed by atoms with Gasteiger partial charge < -0.3 is 9.64 Å². The molecule has 23 heavy (non-hydrogen) atoms. The first-order chi connectivity index (χ1) is 10.8. The van der Waals surface area contributed by atoms with E-state index in [1.807, 2.05) is 20.8 Å². The lowest BCUT2D eigenvalue weighted by Gasteiger charge is -2.24. The SMILES string of the molecule is CN1CC=C(c2cccc3c2CN(C(=O)OC(C)(C)C)C3)CC1. The fourth-order valence-corrected chi connectivity index (χ4v) is 3.19.